The molecule has 0 saturated carbocycles. The minimum atomic E-state index is -4.43. The highest BCUT2D eigenvalue weighted by atomic mass is 19.4. The Labute approximate surface area is 212 Å². The van der Waals surface area contributed by atoms with Gasteiger partial charge in [0, 0.05) is 12.0 Å². The van der Waals surface area contributed by atoms with Gasteiger partial charge < -0.3 is 5.11 Å². The fourth-order valence-electron chi connectivity index (χ4n) is 3.77. The number of hydrogen-bond acceptors (Lipinski definition) is 3. The number of benzene rings is 2. The highest BCUT2D eigenvalue weighted by Crippen LogP contribution is 2.34. The van der Waals surface area contributed by atoms with E-state index in [2.05, 4.69) is 18.8 Å². The Kier molecular flexibility index (Phi) is 11.5. The Morgan fingerprint density at radius 2 is 1.50 bits per heavy atom. The third kappa shape index (κ3) is 9.67. The molecule has 0 saturated heterocycles. The maximum absolute atomic E-state index is 13.0. The zero-order valence-electron chi connectivity index (χ0n) is 21.3. The van der Waals surface area contributed by atoms with Gasteiger partial charge in [-0.05, 0) is 55.7 Å². The minimum absolute atomic E-state index is 0.243. The van der Waals surface area contributed by atoms with Crippen LogP contribution in [0.3, 0.4) is 0 Å². The lowest BCUT2D eigenvalue weighted by atomic mass is 9.92. The lowest BCUT2D eigenvalue weighted by molar-refractivity contribution is -0.229. The number of rotatable bonds is 13. The second kappa shape index (κ2) is 14.1. The van der Waals surface area contributed by atoms with Gasteiger partial charge in [-0.2, -0.15) is 18.2 Å². The van der Waals surface area contributed by atoms with E-state index < -0.39 is 29.9 Å². The van der Waals surface area contributed by atoms with Gasteiger partial charge in [-0.15, -0.1) is 0 Å². The topological polar surface area (TPSA) is 49.8 Å². The normalized spacial score (nSPS) is 11.9. The van der Waals surface area contributed by atoms with Crippen LogP contribution in [-0.4, -0.2) is 22.7 Å². The van der Waals surface area contributed by atoms with Crippen molar-refractivity contribution in [2.24, 2.45) is 0 Å². The molecule has 2 aromatic rings. The van der Waals surface area contributed by atoms with Gasteiger partial charge in [0.2, 0.25) is 0 Å². The molecule has 36 heavy (non-hydrogen) atoms. The summed E-state index contributed by atoms with van der Waals surface area (Å²) in [6, 6.07) is 12.4. The van der Waals surface area contributed by atoms with E-state index in [9.17, 15) is 18.0 Å². The molecule has 0 radical (unpaired) electrons. The van der Waals surface area contributed by atoms with Crippen LogP contribution in [0.4, 0.5) is 13.2 Å². The maximum atomic E-state index is 13.0. The summed E-state index contributed by atoms with van der Waals surface area (Å²) >= 11 is 0. The van der Waals surface area contributed by atoms with Crippen molar-refractivity contribution in [3.63, 3.8) is 0 Å². The molecule has 1 N–H and O–H groups in total. The molecular weight excluding hydrogens is 467 g/mol. The largest absolute Gasteiger partial charge is 0.479 e. The fraction of sp³-hybridized carbons (Fsp3) is 0.483. The summed E-state index contributed by atoms with van der Waals surface area (Å²) in [6.45, 7) is 5.44. The van der Waals surface area contributed by atoms with Crippen molar-refractivity contribution < 1.29 is 27.9 Å². The molecule has 0 aliphatic heterocycles. The van der Waals surface area contributed by atoms with Gasteiger partial charge in [0.05, 0.1) is 17.6 Å². The Balaban J connectivity index is 2.06. The van der Waals surface area contributed by atoms with Crippen molar-refractivity contribution >= 4 is 5.97 Å². The lowest BCUT2D eigenvalue weighted by Gasteiger charge is -2.37. The highest BCUT2D eigenvalue weighted by Gasteiger charge is 2.34. The van der Waals surface area contributed by atoms with E-state index in [0.717, 1.165) is 36.1 Å². The number of unbranched alkanes of at least 4 members (excludes halogenated alkanes) is 6. The molecule has 0 aromatic heterocycles. The van der Waals surface area contributed by atoms with Crippen LogP contribution in [0, 0.1) is 11.8 Å². The number of carbonyl (C=O) groups is 1. The van der Waals surface area contributed by atoms with Gasteiger partial charge in [0.25, 0.3) is 0 Å². The molecule has 0 bridgehead atoms. The maximum Gasteiger partial charge on any atom is 0.416 e. The van der Waals surface area contributed by atoms with Gasteiger partial charge in [-0.1, -0.05) is 75.1 Å². The Morgan fingerprint density at radius 1 is 0.917 bits per heavy atom. The fourth-order valence-corrected chi connectivity index (χ4v) is 3.77. The van der Waals surface area contributed by atoms with Crippen molar-refractivity contribution in [3.05, 3.63) is 70.8 Å². The molecule has 0 aliphatic rings. The molecular formula is C29H36F3NO3. The van der Waals surface area contributed by atoms with Gasteiger partial charge in [-0.25, -0.2) is 4.79 Å². The Morgan fingerprint density at radius 3 is 2.08 bits per heavy atom. The van der Waals surface area contributed by atoms with E-state index in [1.807, 2.05) is 24.3 Å². The first kappa shape index (κ1) is 29.4. The zero-order chi connectivity index (χ0) is 26.6. The van der Waals surface area contributed by atoms with Crippen LogP contribution in [0.1, 0.15) is 88.0 Å². The molecule has 4 nitrogen and oxygen atoms in total. The van der Waals surface area contributed by atoms with Crippen molar-refractivity contribution in [1.82, 2.24) is 5.06 Å². The first-order valence-electron chi connectivity index (χ1n) is 12.4. The van der Waals surface area contributed by atoms with Gasteiger partial charge in [-0.3, -0.25) is 4.84 Å². The summed E-state index contributed by atoms with van der Waals surface area (Å²) in [5.74, 6) is 5.25. The molecule has 2 rings (SSSR count). The van der Waals surface area contributed by atoms with E-state index >= 15 is 0 Å². The van der Waals surface area contributed by atoms with Crippen LogP contribution in [-0.2, 0) is 27.9 Å². The molecule has 7 heteroatoms. The summed E-state index contributed by atoms with van der Waals surface area (Å²) in [4.78, 5) is 16.7. The number of hydrogen-bond donors (Lipinski definition) is 1. The summed E-state index contributed by atoms with van der Waals surface area (Å²) in [5.41, 5.74) is 0.688. The van der Waals surface area contributed by atoms with E-state index in [1.54, 1.807) is 13.8 Å². The van der Waals surface area contributed by atoms with Crippen LogP contribution in [0.15, 0.2) is 48.5 Å². The number of hydroxylamine groups is 2. The molecule has 2 aromatic carbocycles. The molecule has 0 unspecified atom stereocenters. The van der Waals surface area contributed by atoms with Gasteiger partial charge >= 0.3 is 12.1 Å². The molecule has 0 amide bonds. The summed E-state index contributed by atoms with van der Waals surface area (Å²) in [7, 11) is 0. The van der Waals surface area contributed by atoms with Gasteiger partial charge in [0.1, 0.15) is 0 Å². The molecule has 0 spiro atoms. The third-order valence-electron chi connectivity index (χ3n) is 6.05. The number of aliphatic carboxylic acids is 1. The number of nitrogens with zero attached hydrogens (tertiary/aromatic N) is 1. The van der Waals surface area contributed by atoms with Crippen molar-refractivity contribution in [2.45, 2.75) is 84.0 Å². The second-order valence-electron chi connectivity index (χ2n) is 9.35. The van der Waals surface area contributed by atoms with E-state index in [4.69, 9.17) is 9.94 Å². The van der Waals surface area contributed by atoms with Crippen molar-refractivity contribution in [1.29, 1.82) is 0 Å². The first-order chi connectivity index (χ1) is 17.0. The Hall–Kier alpha value is -2.82. The summed E-state index contributed by atoms with van der Waals surface area (Å²) in [6.07, 6.45) is 3.82. The van der Waals surface area contributed by atoms with Gasteiger partial charge in [0.15, 0.2) is 6.61 Å². The number of alkyl halides is 3. The summed E-state index contributed by atoms with van der Waals surface area (Å²) in [5, 5.41) is 10.6. The molecule has 196 valence electrons. The smallest absolute Gasteiger partial charge is 0.416 e. The predicted molar refractivity (Wildman–Crippen MR) is 135 cm³/mol. The SMILES string of the molecule is CCCCCCCCC#Cc1ccc(CN(OCC(=O)O)C(C)(C)c2ccc(C(F)(F)F)cc2)cc1. The first-order valence-corrected chi connectivity index (χ1v) is 12.4. The zero-order valence-corrected chi connectivity index (χ0v) is 21.3. The quantitative estimate of drug-likeness (QED) is 0.174. The van der Waals surface area contributed by atoms with E-state index in [0.29, 0.717) is 5.56 Å². The standard InChI is InChI=1S/C29H36F3NO3/c1-4-5-6-7-8-9-10-11-12-23-13-15-24(16-14-23)21-33(36-22-27(34)35)28(2,3)25-17-19-26(20-18-25)29(30,31)32/h13-20H,4-10,21-22H2,1-3H3,(H,34,35). The molecule has 0 aliphatic carbocycles. The van der Waals surface area contributed by atoms with E-state index in [-0.39, 0.29) is 6.54 Å². The van der Waals surface area contributed by atoms with Crippen molar-refractivity contribution in [2.75, 3.05) is 6.61 Å². The van der Waals surface area contributed by atoms with Crippen molar-refractivity contribution in [3.8, 4) is 11.8 Å². The average molecular weight is 504 g/mol. The lowest BCUT2D eigenvalue weighted by Crippen LogP contribution is -2.42. The van der Waals surface area contributed by atoms with E-state index in [1.165, 1.54) is 49.3 Å². The van der Waals surface area contributed by atoms with Crippen LogP contribution in [0.25, 0.3) is 0 Å². The molecule has 0 atom stereocenters. The second-order valence-corrected chi connectivity index (χ2v) is 9.35. The summed E-state index contributed by atoms with van der Waals surface area (Å²) < 4.78 is 38.9. The van der Waals surface area contributed by atoms with Crippen LogP contribution in [0.5, 0.6) is 0 Å². The third-order valence-corrected chi connectivity index (χ3v) is 6.05. The Bertz CT molecular complexity index is 1000. The number of carboxylic acid groups (broad SMARTS) is 1. The van der Waals surface area contributed by atoms with Crippen LogP contribution < -0.4 is 0 Å². The van der Waals surface area contributed by atoms with Crippen LogP contribution in [0.2, 0.25) is 0 Å². The average Bonchev–Trinajstić information content (AvgIpc) is 2.83. The molecule has 0 heterocycles. The monoisotopic (exact) mass is 503 g/mol. The molecule has 0 fully saturated rings. The number of carboxylic acids is 1. The predicted octanol–water partition coefficient (Wildman–Crippen LogP) is 7.56. The number of halogens is 3. The minimum Gasteiger partial charge on any atom is -0.479 e. The highest BCUT2D eigenvalue weighted by molar-refractivity contribution is 5.67. The van der Waals surface area contributed by atoms with Crippen LogP contribution >= 0.6 is 0 Å².